The molecule has 2 nitrogen and oxygen atoms in total. The van der Waals surface area contributed by atoms with Crippen molar-refractivity contribution in [1.29, 1.82) is 0 Å². The molecule has 0 unspecified atom stereocenters. The summed E-state index contributed by atoms with van der Waals surface area (Å²) >= 11 is 0. The average Bonchev–Trinajstić information content (AvgIpc) is 2.05. The first-order valence-corrected chi connectivity index (χ1v) is 2.98. The fourth-order valence-electron chi connectivity index (χ4n) is 0.692. The Bertz CT molecular complexity index is 221. The van der Waals surface area contributed by atoms with Crippen LogP contribution in [0.3, 0.4) is 0 Å². The van der Waals surface area contributed by atoms with Gasteiger partial charge in [-0.05, 0) is 12.1 Å². The van der Waals surface area contributed by atoms with E-state index in [-0.39, 0.29) is 33.3 Å². The van der Waals surface area contributed by atoms with E-state index in [4.69, 9.17) is 0 Å². The van der Waals surface area contributed by atoms with Crippen molar-refractivity contribution in [3.63, 3.8) is 0 Å². The Kier molecular flexibility index (Phi) is 5.10. The molecule has 0 bridgehead atoms. The molecule has 0 saturated carbocycles. The normalized spacial score (nSPS) is 8.09. The Morgan fingerprint density at radius 3 is 2.27 bits per heavy atom. The van der Waals surface area contributed by atoms with Gasteiger partial charge in [-0.1, -0.05) is 18.2 Å². The molecule has 0 aliphatic rings. The van der Waals surface area contributed by atoms with Crippen LogP contribution in [0.15, 0.2) is 30.3 Å². The van der Waals surface area contributed by atoms with Crippen LogP contribution in [0.25, 0.3) is 0 Å². The van der Waals surface area contributed by atoms with Gasteiger partial charge in [0.15, 0.2) is 0 Å². The van der Waals surface area contributed by atoms with Crippen LogP contribution in [-0.2, 0) is 4.74 Å². The molecule has 1 aromatic carbocycles. The predicted octanol–water partition coefficient (Wildman–Crippen LogP) is 0.557. The van der Waals surface area contributed by atoms with E-state index in [0.29, 0.717) is 5.56 Å². The number of ether oxygens (including phenoxy) is 1. The molecule has 11 heavy (non-hydrogen) atoms. The second-order valence-electron chi connectivity index (χ2n) is 1.86. The van der Waals surface area contributed by atoms with Crippen LogP contribution in [0, 0.1) is 0 Å². The standard InChI is InChI=1S/C8H8O2.Pb.2H/c1-10-8(9)7-5-3-2-4-6-7;;;/h2-6H,1H3;;;. The maximum atomic E-state index is 10.8. The third kappa shape index (κ3) is 3.01. The zero-order valence-electron chi connectivity index (χ0n) is 6.41. The first-order valence-electron chi connectivity index (χ1n) is 2.98. The molecule has 2 radical (unpaired) electrons. The minimum absolute atomic E-state index is 0. The fraction of sp³-hybridized carbons (Fsp3) is 0.125. The molecule has 1 rings (SSSR count). The van der Waals surface area contributed by atoms with Crippen LogP contribution in [-0.4, -0.2) is 40.4 Å². The summed E-state index contributed by atoms with van der Waals surface area (Å²) in [5.74, 6) is -0.291. The van der Waals surface area contributed by atoms with Crippen molar-refractivity contribution in [3.05, 3.63) is 35.9 Å². The summed E-state index contributed by atoms with van der Waals surface area (Å²) < 4.78 is 4.50. The van der Waals surface area contributed by atoms with Gasteiger partial charge in [-0.25, -0.2) is 4.79 Å². The second-order valence-corrected chi connectivity index (χ2v) is 1.86. The summed E-state index contributed by atoms with van der Waals surface area (Å²) in [6.45, 7) is 0. The van der Waals surface area contributed by atoms with Crippen LogP contribution in [0.1, 0.15) is 10.4 Å². The third-order valence-corrected chi connectivity index (χ3v) is 1.19. The molecule has 0 aromatic heterocycles. The van der Waals surface area contributed by atoms with Gasteiger partial charge in [-0.3, -0.25) is 0 Å². The number of methoxy groups -OCH3 is 1. The van der Waals surface area contributed by atoms with E-state index >= 15 is 0 Å². The van der Waals surface area contributed by atoms with Gasteiger partial charge < -0.3 is 4.74 Å². The molecule has 0 spiro atoms. The summed E-state index contributed by atoms with van der Waals surface area (Å²) in [5, 5.41) is 0. The number of rotatable bonds is 1. The second kappa shape index (κ2) is 5.29. The van der Waals surface area contributed by atoms with E-state index < -0.39 is 0 Å². The van der Waals surface area contributed by atoms with E-state index in [2.05, 4.69) is 4.74 Å². The van der Waals surface area contributed by atoms with E-state index in [9.17, 15) is 4.79 Å². The molecule has 1 aromatic rings. The zero-order chi connectivity index (χ0) is 7.40. The molecule has 0 saturated heterocycles. The average molecular weight is 345 g/mol. The molecule has 0 heterocycles. The topological polar surface area (TPSA) is 26.3 Å². The summed E-state index contributed by atoms with van der Waals surface area (Å²) in [6.07, 6.45) is 0. The van der Waals surface area contributed by atoms with Gasteiger partial charge in [-0.15, -0.1) is 0 Å². The van der Waals surface area contributed by atoms with Gasteiger partial charge >= 0.3 is 33.3 Å². The summed E-state index contributed by atoms with van der Waals surface area (Å²) in [4.78, 5) is 10.8. The van der Waals surface area contributed by atoms with Gasteiger partial charge in [0.25, 0.3) is 0 Å². The van der Waals surface area contributed by atoms with Crippen molar-refractivity contribution in [2.75, 3.05) is 7.11 Å². The van der Waals surface area contributed by atoms with Crippen molar-refractivity contribution >= 4 is 33.3 Å². The summed E-state index contributed by atoms with van der Waals surface area (Å²) in [7, 11) is 1.37. The Hall–Kier alpha value is -0.388. The molecule has 0 fully saturated rings. The van der Waals surface area contributed by atoms with E-state index in [1.807, 2.05) is 6.07 Å². The summed E-state index contributed by atoms with van der Waals surface area (Å²) in [6, 6.07) is 8.88. The number of hydrogen-bond acceptors (Lipinski definition) is 2. The number of hydrogen-bond donors (Lipinski definition) is 0. The Morgan fingerprint density at radius 2 is 1.82 bits per heavy atom. The van der Waals surface area contributed by atoms with Crippen molar-refractivity contribution in [2.24, 2.45) is 0 Å². The minimum atomic E-state index is -0.291. The Labute approximate surface area is 85.7 Å². The van der Waals surface area contributed by atoms with Crippen molar-refractivity contribution < 1.29 is 9.53 Å². The molecule has 0 aliphatic carbocycles. The van der Waals surface area contributed by atoms with Crippen LogP contribution in [0.2, 0.25) is 0 Å². The van der Waals surface area contributed by atoms with Gasteiger partial charge in [-0.2, -0.15) is 0 Å². The summed E-state index contributed by atoms with van der Waals surface area (Å²) in [5.41, 5.74) is 0.588. The molecular weight excluding hydrogens is 335 g/mol. The first kappa shape index (κ1) is 10.6. The Balaban J connectivity index is 0.000001000. The zero-order valence-corrected chi connectivity index (χ0v) is 11.9. The van der Waals surface area contributed by atoms with Crippen molar-refractivity contribution in [1.82, 2.24) is 0 Å². The van der Waals surface area contributed by atoms with Crippen LogP contribution < -0.4 is 0 Å². The SMILES string of the molecule is COC(=O)c1ccccc1.[PbH2]. The van der Waals surface area contributed by atoms with Gasteiger partial charge in [0.05, 0.1) is 12.7 Å². The van der Waals surface area contributed by atoms with E-state index in [1.54, 1.807) is 24.3 Å². The van der Waals surface area contributed by atoms with Crippen LogP contribution in [0.4, 0.5) is 0 Å². The molecule has 0 N–H and O–H groups in total. The third-order valence-electron chi connectivity index (χ3n) is 1.19. The van der Waals surface area contributed by atoms with E-state index in [1.165, 1.54) is 7.11 Å². The molecule has 58 valence electrons. The maximum absolute atomic E-state index is 10.8. The number of benzene rings is 1. The van der Waals surface area contributed by atoms with Gasteiger partial charge in [0, 0.05) is 0 Å². The predicted molar refractivity (Wildman–Crippen MR) is 46.3 cm³/mol. The van der Waals surface area contributed by atoms with Crippen LogP contribution >= 0.6 is 0 Å². The molecular formula is C8H10O2Pb. The molecule has 0 amide bonds. The quantitative estimate of drug-likeness (QED) is 0.549. The first-order chi connectivity index (χ1) is 4.84. The molecule has 3 heteroatoms. The Morgan fingerprint density at radius 1 is 1.27 bits per heavy atom. The monoisotopic (exact) mass is 346 g/mol. The number of carbonyl (C=O) groups excluding carboxylic acids is 1. The van der Waals surface area contributed by atoms with Gasteiger partial charge in [0.1, 0.15) is 0 Å². The van der Waals surface area contributed by atoms with E-state index in [0.717, 1.165) is 0 Å². The van der Waals surface area contributed by atoms with Gasteiger partial charge in [0.2, 0.25) is 0 Å². The number of carbonyl (C=O) groups is 1. The van der Waals surface area contributed by atoms with Crippen LogP contribution in [0.5, 0.6) is 0 Å². The fourth-order valence-corrected chi connectivity index (χ4v) is 0.692. The molecule has 0 atom stereocenters. The number of esters is 1. The van der Waals surface area contributed by atoms with Crippen molar-refractivity contribution in [3.8, 4) is 0 Å². The molecule has 0 aliphatic heterocycles. The van der Waals surface area contributed by atoms with Crippen molar-refractivity contribution in [2.45, 2.75) is 0 Å².